The molecule has 0 atom stereocenters. The summed E-state index contributed by atoms with van der Waals surface area (Å²) in [6.45, 7) is 0.763. The lowest BCUT2D eigenvalue weighted by Gasteiger charge is -2.20. The minimum atomic E-state index is 0.0731. The van der Waals surface area contributed by atoms with E-state index in [1.165, 1.54) is 0 Å². The zero-order chi connectivity index (χ0) is 17.8. The monoisotopic (exact) mass is 346 g/mol. The van der Waals surface area contributed by atoms with Crippen LogP contribution in [0.4, 0.5) is 0 Å². The van der Waals surface area contributed by atoms with Gasteiger partial charge in [-0.3, -0.25) is 0 Å². The van der Waals surface area contributed by atoms with Crippen LogP contribution in [0.2, 0.25) is 0 Å². The fourth-order valence-electron chi connectivity index (χ4n) is 2.08. The molecule has 0 aliphatic heterocycles. The lowest BCUT2D eigenvalue weighted by Crippen LogP contribution is -2.10. The van der Waals surface area contributed by atoms with Crippen LogP contribution in [0, 0.1) is 0 Å². The minimum absolute atomic E-state index is 0.0731. The number of methoxy groups -OCH3 is 5. The topological polar surface area (TPSA) is 73.8 Å². The summed E-state index contributed by atoms with van der Waals surface area (Å²) in [5.74, 6) is 2.03. The van der Waals surface area contributed by atoms with E-state index in [1.54, 1.807) is 41.6 Å². The van der Waals surface area contributed by atoms with Crippen LogP contribution in [-0.2, 0) is 25.4 Å². The van der Waals surface area contributed by atoms with Crippen LogP contribution >= 0.6 is 0 Å². The molecule has 0 aliphatic carbocycles. The highest BCUT2D eigenvalue weighted by Gasteiger charge is 2.22. The van der Waals surface area contributed by atoms with E-state index in [0.29, 0.717) is 36.0 Å². The summed E-state index contributed by atoms with van der Waals surface area (Å²) in [5.41, 5.74) is 0.746. The first-order valence-electron chi connectivity index (χ1n) is 7.31. The molecule has 0 amide bonds. The zero-order valence-electron chi connectivity index (χ0n) is 14.9. The van der Waals surface area contributed by atoms with E-state index in [0.717, 1.165) is 5.56 Å². The van der Waals surface area contributed by atoms with Crippen molar-refractivity contribution in [3.8, 4) is 23.0 Å². The zero-order valence-corrected chi connectivity index (χ0v) is 14.9. The molecule has 0 N–H and O–H groups in total. The largest absolute Gasteiger partial charge is 0.493 e. The minimum Gasteiger partial charge on any atom is -0.493 e. The highest BCUT2D eigenvalue weighted by atomic mass is 16.7. The summed E-state index contributed by atoms with van der Waals surface area (Å²) in [5, 5.41) is 0. The summed E-state index contributed by atoms with van der Waals surface area (Å²) in [6, 6.07) is 1.68. The molecule has 1 rings (SSSR count). The Kier molecular flexibility index (Phi) is 9.94. The lowest BCUT2D eigenvalue weighted by molar-refractivity contribution is -0.0295. The lowest BCUT2D eigenvalue weighted by atomic mass is 10.1. The Morgan fingerprint density at radius 2 is 1.38 bits per heavy atom. The number of rotatable bonds is 13. The number of ether oxygens (including phenoxy) is 8. The molecule has 138 valence electrons. The van der Waals surface area contributed by atoms with Gasteiger partial charge in [0.15, 0.2) is 36.6 Å². The first-order valence-corrected chi connectivity index (χ1v) is 7.31. The van der Waals surface area contributed by atoms with Gasteiger partial charge in [-0.1, -0.05) is 0 Å². The van der Waals surface area contributed by atoms with Crippen molar-refractivity contribution in [1.82, 2.24) is 0 Å². The highest BCUT2D eigenvalue weighted by molar-refractivity contribution is 5.61. The molecule has 0 bridgehead atoms. The Labute approximate surface area is 142 Å². The van der Waals surface area contributed by atoms with Gasteiger partial charge in [-0.05, 0) is 0 Å². The van der Waals surface area contributed by atoms with Crippen LogP contribution in [0.25, 0.3) is 0 Å². The van der Waals surface area contributed by atoms with E-state index in [9.17, 15) is 0 Å². The van der Waals surface area contributed by atoms with Gasteiger partial charge in [-0.15, -0.1) is 0 Å². The van der Waals surface area contributed by atoms with Crippen molar-refractivity contribution in [1.29, 1.82) is 0 Å². The molecule has 1 aromatic carbocycles. The molecular formula is C16H26O8. The van der Waals surface area contributed by atoms with E-state index in [-0.39, 0.29) is 20.4 Å². The molecule has 8 heteroatoms. The molecule has 24 heavy (non-hydrogen) atoms. The number of benzene rings is 1. The molecule has 0 saturated carbocycles. The van der Waals surface area contributed by atoms with Gasteiger partial charge in [0.2, 0.25) is 0 Å². The van der Waals surface area contributed by atoms with Gasteiger partial charge in [0.25, 0.3) is 0 Å². The molecule has 0 fully saturated rings. The van der Waals surface area contributed by atoms with Gasteiger partial charge in [0.1, 0.15) is 6.79 Å². The van der Waals surface area contributed by atoms with E-state index >= 15 is 0 Å². The Morgan fingerprint density at radius 1 is 0.708 bits per heavy atom. The highest BCUT2D eigenvalue weighted by Crippen LogP contribution is 2.45. The molecule has 0 saturated heterocycles. The first kappa shape index (κ1) is 20.3. The van der Waals surface area contributed by atoms with Crippen LogP contribution in [0.3, 0.4) is 0 Å². The third-order valence-corrected chi connectivity index (χ3v) is 3.03. The summed E-state index contributed by atoms with van der Waals surface area (Å²) in [6.07, 6.45) is 0.506. The third-order valence-electron chi connectivity index (χ3n) is 3.03. The third kappa shape index (κ3) is 5.72. The van der Waals surface area contributed by atoms with Gasteiger partial charge in [0, 0.05) is 39.4 Å². The molecule has 0 spiro atoms. The molecule has 0 radical (unpaired) electrons. The molecule has 8 nitrogen and oxygen atoms in total. The van der Waals surface area contributed by atoms with Crippen molar-refractivity contribution < 1.29 is 37.9 Å². The Balaban J connectivity index is 3.20. The molecule has 0 aliphatic rings. The quantitative estimate of drug-likeness (QED) is 0.396. The Bertz CT molecular complexity index is 478. The average Bonchev–Trinajstić information content (AvgIpc) is 2.61. The molecular weight excluding hydrogens is 320 g/mol. The molecule has 0 aromatic heterocycles. The van der Waals surface area contributed by atoms with Gasteiger partial charge >= 0.3 is 0 Å². The van der Waals surface area contributed by atoms with Crippen molar-refractivity contribution in [3.05, 3.63) is 11.6 Å². The van der Waals surface area contributed by atoms with Crippen LogP contribution in [0.1, 0.15) is 5.56 Å². The normalized spacial score (nSPS) is 10.5. The second-order valence-electron chi connectivity index (χ2n) is 4.58. The smallest absolute Gasteiger partial charge is 0.188 e. The van der Waals surface area contributed by atoms with Crippen LogP contribution in [-0.4, -0.2) is 62.5 Å². The molecule has 0 unspecified atom stereocenters. The Morgan fingerprint density at radius 3 is 1.96 bits per heavy atom. The second kappa shape index (κ2) is 11.7. The second-order valence-corrected chi connectivity index (χ2v) is 4.58. The van der Waals surface area contributed by atoms with Gasteiger partial charge < -0.3 is 37.9 Å². The van der Waals surface area contributed by atoms with Gasteiger partial charge in [-0.25, -0.2) is 0 Å². The van der Waals surface area contributed by atoms with E-state index in [2.05, 4.69) is 0 Å². The summed E-state index contributed by atoms with van der Waals surface area (Å²) < 4.78 is 42.3. The summed E-state index contributed by atoms with van der Waals surface area (Å²) in [7, 11) is 7.75. The van der Waals surface area contributed by atoms with E-state index in [1.807, 2.05) is 0 Å². The van der Waals surface area contributed by atoms with E-state index in [4.69, 9.17) is 37.9 Å². The summed E-state index contributed by atoms with van der Waals surface area (Å²) >= 11 is 0. The standard InChI is InChI=1S/C16H26O8/c1-17-9-22-7-6-12-15(21-5)14(23-10-18-2)8-13(20-4)16(12)24-11-19-3/h8H,6-7,9-11H2,1-5H3. The van der Waals surface area contributed by atoms with Crippen LogP contribution in [0.5, 0.6) is 23.0 Å². The van der Waals surface area contributed by atoms with Crippen molar-refractivity contribution in [3.63, 3.8) is 0 Å². The average molecular weight is 346 g/mol. The number of hydrogen-bond acceptors (Lipinski definition) is 8. The van der Waals surface area contributed by atoms with Crippen molar-refractivity contribution in [2.75, 3.05) is 62.5 Å². The predicted octanol–water partition coefficient (Wildman–Crippen LogP) is 1.83. The SMILES string of the molecule is COCOCCc1c(OC)c(OCOC)cc(OC)c1OCOC. The molecule has 1 aromatic rings. The van der Waals surface area contributed by atoms with E-state index < -0.39 is 0 Å². The fourth-order valence-corrected chi connectivity index (χ4v) is 2.08. The fraction of sp³-hybridized carbons (Fsp3) is 0.625. The van der Waals surface area contributed by atoms with Crippen LogP contribution < -0.4 is 18.9 Å². The predicted molar refractivity (Wildman–Crippen MR) is 86.1 cm³/mol. The van der Waals surface area contributed by atoms with Crippen LogP contribution in [0.15, 0.2) is 6.07 Å². The first-order chi connectivity index (χ1) is 11.7. The van der Waals surface area contributed by atoms with Gasteiger partial charge in [-0.2, -0.15) is 0 Å². The van der Waals surface area contributed by atoms with Crippen molar-refractivity contribution in [2.24, 2.45) is 0 Å². The maximum absolute atomic E-state index is 5.67. The Hall–Kier alpha value is -1.74. The molecule has 0 heterocycles. The maximum Gasteiger partial charge on any atom is 0.188 e. The number of hydrogen-bond donors (Lipinski definition) is 0. The van der Waals surface area contributed by atoms with Gasteiger partial charge in [0.05, 0.1) is 20.8 Å². The summed E-state index contributed by atoms with van der Waals surface area (Å²) in [4.78, 5) is 0. The van der Waals surface area contributed by atoms with Crippen molar-refractivity contribution in [2.45, 2.75) is 6.42 Å². The maximum atomic E-state index is 5.67. The van der Waals surface area contributed by atoms with Crippen molar-refractivity contribution >= 4 is 0 Å².